The molecule has 3 N–H and O–H groups in total. The summed E-state index contributed by atoms with van der Waals surface area (Å²) >= 11 is 0. The number of phenolic OH excluding ortho intramolecular Hbond substituents is 1. The van der Waals surface area contributed by atoms with Crippen LogP contribution in [0.3, 0.4) is 0 Å². The molecule has 2 aromatic rings. The minimum Gasteiger partial charge on any atom is -0.508 e. The predicted molar refractivity (Wildman–Crippen MR) is 75.6 cm³/mol. The van der Waals surface area contributed by atoms with Crippen LogP contribution in [0, 0.1) is 5.82 Å². The average Bonchev–Trinajstić information content (AvgIpc) is 2.40. The number of hydrogen-bond donors (Lipinski definition) is 2. The molecule has 0 saturated carbocycles. The number of anilines is 2. The molecule has 0 unspecified atom stereocenters. The fraction of sp³-hybridized carbons (Fsp3) is 0.200. The third kappa shape index (κ3) is 3.16. The van der Waals surface area contributed by atoms with Crippen molar-refractivity contribution in [1.29, 1.82) is 0 Å². The van der Waals surface area contributed by atoms with E-state index in [9.17, 15) is 9.50 Å². The van der Waals surface area contributed by atoms with Crippen molar-refractivity contribution >= 4 is 11.4 Å². The van der Waals surface area contributed by atoms with Gasteiger partial charge in [0.05, 0.1) is 5.69 Å². The highest BCUT2D eigenvalue weighted by Crippen LogP contribution is 2.22. The number of benzene rings is 2. The summed E-state index contributed by atoms with van der Waals surface area (Å²) in [6.07, 6.45) is 0. The fourth-order valence-electron chi connectivity index (χ4n) is 1.96. The first kappa shape index (κ1) is 13.2. The van der Waals surface area contributed by atoms with Crippen molar-refractivity contribution < 1.29 is 9.50 Å². The monoisotopic (exact) mass is 260 g/mol. The Labute approximate surface area is 112 Å². The number of hydrogen-bond acceptors (Lipinski definition) is 3. The Morgan fingerprint density at radius 1 is 1.21 bits per heavy atom. The van der Waals surface area contributed by atoms with Gasteiger partial charge in [-0.1, -0.05) is 12.1 Å². The molecule has 0 spiro atoms. The maximum absolute atomic E-state index is 13.4. The van der Waals surface area contributed by atoms with E-state index in [1.807, 2.05) is 24.0 Å². The van der Waals surface area contributed by atoms with Crippen LogP contribution in [0.1, 0.15) is 12.5 Å². The van der Waals surface area contributed by atoms with Gasteiger partial charge in [0.15, 0.2) is 0 Å². The maximum atomic E-state index is 13.4. The Balaban J connectivity index is 2.21. The molecule has 0 aliphatic rings. The van der Waals surface area contributed by atoms with Gasteiger partial charge in [0.2, 0.25) is 0 Å². The number of nitrogens with two attached hydrogens (primary N) is 1. The Kier molecular flexibility index (Phi) is 3.90. The summed E-state index contributed by atoms with van der Waals surface area (Å²) in [6.45, 7) is 3.34. The first-order chi connectivity index (χ1) is 9.10. The number of nitrogens with zero attached hydrogens (tertiary/aromatic N) is 1. The van der Waals surface area contributed by atoms with E-state index in [4.69, 9.17) is 5.73 Å². The van der Waals surface area contributed by atoms with Gasteiger partial charge in [-0.05, 0) is 36.8 Å². The number of nitrogen functional groups attached to an aromatic ring is 1. The zero-order valence-electron chi connectivity index (χ0n) is 10.8. The van der Waals surface area contributed by atoms with Gasteiger partial charge in [-0.25, -0.2) is 4.39 Å². The number of phenols is 1. The van der Waals surface area contributed by atoms with Crippen LogP contribution in [0.15, 0.2) is 42.5 Å². The van der Waals surface area contributed by atoms with Crippen LogP contribution in [0.25, 0.3) is 0 Å². The maximum Gasteiger partial charge on any atom is 0.146 e. The second-order valence-corrected chi connectivity index (χ2v) is 4.39. The van der Waals surface area contributed by atoms with E-state index in [-0.39, 0.29) is 11.4 Å². The molecule has 0 aliphatic carbocycles. The molecule has 0 atom stereocenters. The van der Waals surface area contributed by atoms with Gasteiger partial charge in [0.25, 0.3) is 0 Å². The van der Waals surface area contributed by atoms with Crippen molar-refractivity contribution in [3.05, 3.63) is 53.8 Å². The lowest BCUT2D eigenvalue weighted by Crippen LogP contribution is -2.21. The van der Waals surface area contributed by atoms with E-state index in [2.05, 4.69) is 0 Å². The zero-order chi connectivity index (χ0) is 13.8. The average molecular weight is 260 g/mol. The van der Waals surface area contributed by atoms with Crippen LogP contribution in [0.2, 0.25) is 0 Å². The minimum absolute atomic E-state index is 0.157. The summed E-state index contributed by atoms with van der Waals surface area (Å²) in [5, 5.41) is 9.50. The molecule has 0 amide bonds. The summed E-state index contributed by atoms with van der Waals surface area (Å²) in [7, 11) is 0. The van der Waals surface area contributed by atoms with E-state index in [1.165, 1.54) is 6.07 Å². The summed E-state index contributed by atoms with van der Waals surface area (Å²) in [4.78, 5) is 2.05. The van der Waals surface area contributed by atoms with Gasteiger partial charge in [-0.3, -0.25) is 0 Å². The molecule has 4 heteroatoms. The highest BCUT2D eigenvalue weighted by molar-refractivity contribution is 5.51. The summed E-state index contributed by atoms with van der Waals surface area (Å²) < 4.78 is 13.4. The van der Waals surface area contributed by atoms with Crippen LogP contribution in [-0.2, 0) is 6.54 Å². The lowest BCUT2D eigenvalue weighted by atomic mass is 10.1. The van der Waals surface area contributed by atoms with Gasteiger partial charge in [-0.2, -0.15) is 0 Å². The normalized spacial score (nSPS) is 10.4. The fourth-order valence-corrected chi connectivity index (χ4v) is 1.96. The van der Waals surface area contributed by atoms with Crippen molar-refractivity contribution in [2.75, 3.05) is 17.2 Å². The minimum atomic E-state index is -0.399. The Hall–Kier alpha value is -2.23. The van der Waals surface area contributed by atoms with Crippen LogP contribution >= 0.6 is 0 Å². The van der Waals surface area contributed by atoms with Gasteiger partial charge in [-0.15, -0.1) is 0 Å². The second-order valence-electron chi connectivity index (χ2n) is 4.39. The molecule has 2 rings (SSSR count). The van der Waals surface area contributed by atoms with Gasteiger partial charge >= 0.3 is 0 Å². The number of rotatable bonds is 4. The number of halogens is 1. The van der Waals surface area contributed by atoms with Crippen LogP contribution < -0.4 is 10.6 Å². The molecule has 0 heterocycles. The smallest absolute Gasteiger partial charge is 0.146 e. The first-order valence-corrected chi connectivity index (χ1v) is 6.18. The molecule has 0 fully saturated rings. The predicted octanol–water partition coefficient (Wildman–Crippen LogP) is 3.14. The Bertz CT molecular complexity index is 572. The molecule has 100 valence electrons. The van der Waals surface area contributed by atoms with E-state index >= 15 is 0 Å². The SMILES string of the molecule is CCN(Cc1ccc(N)c(F)c1)c1cccc(O)c1. The van der Waals surface area contributed by atoms with Crippen molar-refractivity contribution in [2.45, 2.75) is 13.5 Å². The molecular weight excluding hydrogens is 243 g/mol. The Morgan fingerprint density at radius 2 is 2.00 bits per heavy atom. The van der Waals surface area contributed by atoms with Crippen molar-refractivity contribution in [3.8, 4) is 5.75 Å². The molecular formula is C15H17FN2O. The van der Waals surface area contributed by atoms with Crippen LogP contribution in [0.4, 0.5) is 15.8 Å². The molecule has 2 aromatic carbocycles. The highest BCUT2D eigenvalue weighted by Gasteiger charge is 2.07. The third-order valence-electron chi connectivity index (χ3n) is 3.01. The van der Waals surface area contributed by atoms with E-state index in [0.717, 1.165) is 17.8 Å². The Morgan fingerprint density at radius 3 is 2.63 bits per heavy atom. The first-order valence-electron chi connectivity index (χ1n) is 6.18. The zero-order valence-corrected chi connectivity index (χ0v) is 10.8. The molecule has 0 radical (unpaired) electrons. The largest absolute Gasteiger partial charge is 0.508 e. The lowest BCUT2D eigenvalue weighted by molar-refractivity contribution is 0.475. The van der Waals surface area contributed by atoms with Crippen molar-refractivity contribution in [1.82, 2.24) is 0 Å². The van der Waals surface area contributed by atoms with Gasteiger partial charge in [0.1, 0.15) is 11.6 Å². The van der Waals surface area contributed by atoms with Gasteiger partial charge < -0.3 is 15.7 Å². The number of aromatic hydroxyl groups is 1. The molecule has 19 heavy (non-hydrogen) atoms. The van der Waals surface area contributed by atoms with Crippen molar-refractivity contribution in [2.24, 2.45) is 0 Å². The van der Waals surface area contributed by atoms with E-state index < -0.39 is 5.82 Å². The lowest BCUT2D eigenvalue weighted by Gasteiger charge is -2.23. The van der Waals surface area contributed by atoms with E-state index in [0.29, 0.717) is 6.54 Å². The standard InChI is InChI=1S/C15H17FN2O/c1-2-18(12-4-3-5-13(19)9-12)10-11-6-7-15(17)14(16)8-11/h3-9,19H,2,10,17H2,1H3. The topological polar surface area (TPSA) is 49.5 Å². The molecule has 0 bridgehead atoms. The summed E-state index contributed by atoms with van der Waals surface area (Å²) in [5.74, 6) is -0.177. The quantitative estimate of drug-likeness (QED) is 0.830. The molecule has 0 saturated heterocycles. The highest BCUT2D eigenvalue weighted by atomic mass is 19.1. The van der Waals surface area contributed by atoms with E-state index in [1.54, 1.807) is 24.3 Å². The van der Waals surface area contributed by atoms with Crippen molar-refractivity contribution in [3.63, 3.8) is 0 Å². The molecule has 0 aromatic heterocycles. The third-order valence-corrected chi connectivity index (χ3v) is 3.01. The van der Waals surface area contributed by atoms with Crippen LogP contribution in [-0.4, -0.2) is 11.7 Å². The summed E-state index contributed by atoms with van der Waals surface area (Å²) in [6, 6.07) is 11.8. The molecule has 0 aliphatic heterocycles. The van der Waals surface area contributed by atoms with Crippen LogP contribution in [0.5, 0.6) is 5.75 Å². The molecule has 3 nitrogen and oxygen atoms in total. The second kappa shape index (κ2) is 5.61. The van der Waals surface area contributed by atoms with Gasteiger partial charge in [0, 0.05) is 24.8 Å². The summed E-state index contributed by atoms with van der Waals surface area (Å²) in [5.41, 5.74) is 7.36.